The van der Waals surface area contributed by atoms with Crippen LogP contribution in [0.15, 0.2) is 48.5 Å². The molecule has 0 spiro atoms. The number of rotatable bonds is 4. The quantitative estimate of drug-likeness (QED) is 0.387. The van der Waals surface area contributed by atoms with Crippen molar-refractivity contribution in [1.29, 1.82) is 0 Å². The average molecular weight is 326 g/mol. The summed E-state index contributed by atoms with van der Waals surface area (Å²) in [7, 11) is 0. The molecule has 1 aliphatic rings. The van der Waals surface area contributed by atoms with Gasteiger partial charge in [-0.05, 0) is 67.8 Å². The molecule has 1 aliphatic carbocycles. The van der Waals surface area contributed by atoms with Gasteiger partial charge in [-0.3, -0.25) is 9.59 Å². The fourth-order valence-corrected chi connectivity index (χ4v) is 2.50. The van der Waals surface area contributed by atoms with Crippen molar-refractivity contribution in [2.24, 2.45) is 5.41 Å². The van der Waals surface area contributed by atoms with E-state index < -0.39 is 17.4 Å². The topological polar surface area (TPSA) is 105 Å². The van der Waals surface area contributed by atoms with Gasteiger partial charge in [0, 0.05) is 11.4 Å². The van der Waals surface area contributed by atoms with Gasteiger partial charge in [-0.2, -0.15) is 0 Å². The van der Waals surface area contributed by atoms with E-state index in [0.29, 0.717) is 35.7 Å². The molecule has 0 aliphatic heterocycles. The van der Waals surface area contributed by atoms with Crippen molar-refractivity contribution in [2.45, 2.75) is 19.3 Å². The van der Waals surface area contributed by atoms with Crippen LogP contribution in [0.1, 0.15) is 19.3 Å². The Morgan fingerprint density at radius 2 is 1.12 bits per heavy atom. The van der Waals surface area contributed by atoms with Crippen molar-refractivity contribution < 1.29 is 19.1 Å². The van der Waals surface area contributed by atoms with Gasteiger partial charge in [0.15, 0.2) is 5.41 Å². The van der Waals surface area contributed by atoms with Crippen LogP contribution in [0.3, 0.4) is 0 Å². The molecule has 1 saturated carbocycles. The van der Waals surface area contributed by atoms with Gasteiger partial charge in [0.1, 0.15) is 11.5 Å². The minimum absolute atomic E-state index is 0.348. The highest BCUT2D eigenvalue weighted by molar-refractivity contribution is 6.02. The van der Waals surface area contributed by atoms with Crippen LogP contribution < -0.4 is 20.9 Å². The molecule has 2 aromatic carbocycles. The number of hydrogen-bond acceptors (Lipinski definition) is 6. The Labute approximate surface area is 139 Å². The highest BCUT2D eigenvalue weighted by Crippen LogP contribution is 2.43. The van der Waals surface area contributed by atoms with Crippen molar-refractivity contribution in [3.63, 3.8) is 0 Å². The molecular weight excluding hydrogens is 308 g/mol. The average Bonchev–Trinajstić information content (AvgIpc) is 2.51. The van der Waals surface area contributed by atoms with Crippen LogP contribution in [-0.4, -0.2) is 11.9 Å². The lowest BCUT2D eigenvalue weighted by Crippen LogP contribution is -2.49. The SMILES string of the molecule is Nc1ccc(OC(=O)C2(C(=O)Oc3ccc(N)cc3)CCC2)cc1. The van der Waals surface area contributed by atoms with E-state index in [9.17, 15) is 9.59 Å². The minimum Gasteiger partial charge on any atom is -0.426 e. The molecule has 2 aromatic rings. The second kappa shape index (κ2) is 6.23. The van der Waals surface area contributed by atoms with Gasteiger partial charge >= 0.3 is 11.9 Å². The Bertz CT molecular complexity index is 688. The summed E-state index contributed by atoms with van der Waals surface area (Å²) in [5, 5.41) is 0. The Balaban J connectivity index is 1.72. The molecule has 6 heteroatoms. The van der Waals surface area contributed by atoms with Gasteiger partial charge < -0.3 is 20.9 Å². The first-order chi connectivity index (χ1) is 11.5. The summed E-state index contributed by atoms with van der Waals surface area (Å²) in [5.74, 6) is -0.501. The van der Waals surface area contributed by atoms with Crippen LogP contribution in [0.5, 0.6) is 11.5 Å². The number of nitrogens with two attached hydrogens (primary N) is 2. The molecule has 6 nitrogen and oxygen atoms in total. The summed E-state index contributed by atoms with van der Waals surface area (Å²) in [4.78, 5) is 25.0. The highest BCUT2D eigenvalue weighted by Gasteiger charge is 2.54. The molecule has 1 fully saturated rings. The number of nitrogen functional groups attached to an aromatic ring is 2. The number of hydrogen-bond donors (Lipinski definition) is 2. The maximum absolute atomic E-state index is 12.5. The summed E-state index contributed by atoms with van der Waals surface area (Å²) in [6.45, 7) is 0. The first-order valence-corrected chi connectivity index (χ1v) is 7.65. The van der Waals surface area contributed by atoms with Gasteiger partial charge in [-0.1, -0.05) is 0 Å². The molecule has 4 N–H and O–H groups in total. The lowest BCUT2D eigenvalue weighted by Gasteiger charge is -2.36. The second-order valence-corrected chi connectivity index (χ2v) is 5.85. The van der Waals surface area contributed by atoms with Crippen LogP contribution in [0.2, 0.25) is 0 Å². The molecule has 0 saturated heterocycles. The summed E-state index contributed by atoms with van der Waals surface area (Å²) in [6, 6.07) is 12.9. The lowest BCUT2D eigenvalue weighted by atomic mass is 9.69. The Morgan fingerprint density at radius 1 is 0.750 bits per heavy atom. The van der Waals surface area contributed by atoms with E-state index in [1.54, 1.807) is 48.5 Å². The summed E-state index contributed by atoms with van der Waals surface area (Å²) < 4.78 is 10.7. The molecule has 0 atom stereocenters. The third kappa shape index (κ3) is 3.03. The first-order valence-electron chi connectivity index (χ1n) is 7.65. The predicted octanol–water partition coefficient (Wildman–Crippen LogP) is 2.53. The predicted molar refractivity (Wildman–Crippen MR) is 89.3 cm³/mol. The molecule has 24 heavy (non-hydrogen) atoms. The van der Waals surface area contributed by atoms with Crippen LogP contribution in [-0.2, 0) is 9.59 Å². The number of carbonyl (C=O) groups excluding carboxylic acids is 2. The van der Waals surface area contributed by atoms with E-state index in [0.717, 1.165) is 6.42 Å². The molecule has 0 aromatic heterocycles. The normalized spacial score (nSPS) is 15.2. The van der Waals surface area contributed by atoms with Crippen molar-refractivity contribution in [2.75, 3.05) is 11.5 Å². The maximum Gasteiger partial charge on any atom is 0.328 e. The molecule has 124 valence electrons. The number of ether oxygens (including phenoxy) is 2. The van der Waals surface area contributed by atoms with Gasteiger partial charge in [-0.15, -0.1) is 0 Å². The lowest BCUT2D eigenvalue weighted by molar-refractivity contribution is -0.167. The van der Waals surface area contributed by atoms with Gasteiger partial charge in [0.25, 0.3) is 0 Å². The fraction of sp³-hybridized carbons (Fsp3) is 0.222. The van der Waals surface area contributed by atoms with E-state index >= 15 is 0 Å². The number of esters is 2. The Kier molecular flexibility index (Phi) is 4.12. The first kappa shape index (κ1) is 15.9. The second-order valence-electron chi connectivity index (χ2n) is 5.85. The Morgan fingerprint density at radius 3 is 1.42 bits per heavy atom. The van der Waals surface area contributed by atoms with Crippen LogP contribution in [0.4, 0.5) is 11.4 Å². The maximum atomic E-state index is 12.5. The van der Waals surface area contributed by atoms with Crippen molar-refractivity contribution in [3.8, 4) is 11.5 Å². The molecule has 0 radical (unpaired) electrons. The summed E-state index contributed by atoms with van der Waals surface area (Å²) in [5.41, 5.74) is 11.1. The zero-order valence-corrected chi connectivity index (χ0v) is 13.0. The molecule has 3 rings (SSSR count). The van der Waals surface area contributed by atoms with E-state index in [4.69, 9.17) is 20.9 Å². The van der Waals surface area contributed by atoms with E-state index in [1.165, 1.54) is 0 Å². The molecule has 0 unspecified atom stereocenters. The Hall–Kier alpha value is -3.02. The molecule has 0 amide bonds. The van der Waals surface area contributed by atoms with Crippen molar-refractivity contribution in [3.05, 3.63) is 48.5 Å². The summed E-state index contributed by atoms with van der Waals surface area (Å²) >= 11 is 0. The smallest absolute Gasteiger partial charge is 0.328 e. The molecule has 0 bridgehead atoms. The summed E-state index contributed by atoms with van der Waals surface area (Å²) in [6.07, 6.45) is 1.59. The standard InChI is InChI=1S/C18H18N2O4/c19-12-2-6-14(7-3-12)23-16(21)18(10-1-11-18)17(22)24-15-8-4-13(20)5-9-15/h2-9H,1,10-11,19-20H2. The van der Waals surface area contributed by atoms with Gasteiger partial charge in [-0.25, -0.2) is 0 Å². The fourth-order valence-electron chi connectivity index (χ4n) is 2.50. The zero-order chi connectivity index (χ0) is 17.2. The van der Waals surface area contributed by atoms with Crippen LogP contribution in [0, 0.1) is 5.41 Å². The third-order valence-corrected chi connectivity index (χ3v) is 4.17. The number of benzene rings is 2. The highest BCUT2D eigenvalue weighted by atomic mass is 16.6. The van der Waals surface area contributed by atoms with E-state index in [1.807, 2.05) is 0 Å². The minimum atomic E-state index is -1.25. The number of anilines is 2. The van der Waals surface area contributed by atoms with Gasteiger partial charge in [0.05, 0.1) is 0 Å². The zero-order valence-electron chi connectivity index (χ0n) is 13.0. The number of carbonyl (C=O) groups is 2. The third-order valence-electron chi connectivity index (χ3n) is 4.17. The van der Waals surface area contributed by atoms with E-state index in [2.05, 4.69) is 0 Å². The largest absolute Gasteiger partial charge is 0.426 e. The van der Waals surface area contributed by atoms with Crippen molar-refractivity contribution in [1.82, 2.24) is 0 Å². The van der Waals surface area contributed by atoms with Crippen LogP contribution in [0.25, 0.3) is 0 Å². The molecule has 0 heterocycles. The van der Waals surface area contributed by atoms with Gasteiger partial charge in [0.2, 0.25) is 0 Å². The van der Waals surface area contributed by atoms with E-state index in [-0.39, 0.29) is 0 Å². The monoisotopic (exact) mass is 326 g/mol. The van der Waals surface area contributed by atoms with Crippen molar-refractivity contribution >= 4 is 23.3 Å². The van der Waals surface area contributed by atoms with Crippen LogP contribution >= 0.6 is 0 Å². The molecular formula is C18H18N2O4.